The fourth-order valence-electron chi connectivity index (χ4n) is 8.76. The van der Waals surface area contributed by atoms with Crippen LogP contribution in [0.3, 0.4) is 0 Å². The third-order valence-electron chi connectivity index (χ3n) is 12.3. The van der Waals surface area contributed by atoms with Crippen molar-refractivity contribution in [2.45, 2.75) is 0 Å². The van der Waals surface area contributed by atoms with Gasteiger partial charge < -0.3 is 48.2 Å². The van der Waals surface area contributed by atoms with Crippen molar-refractivity contribution in [3.63, 3.8) is 0 Å². The molecule has 2 N–H and O–H groups in total. The lowest BCUT2D eigenvalue weighted by atomic mass is 10.1. The minimum atomic E-state index is 0.514. The van der Waals surface area contributed by atoms with Crippen LogP contribution in [0.5, 0.6) is 46.0 Å². The monoisotopic (exact) mass is 948 g/mol. The summed E-state index contributed by atoms with van der Waals surface area (Å²) in [6, 6.07) is 59.4. The molecular formula is C60H48N6O6. The molecule has 3 aromatic heterocycles. The lowest BCUT2D eigenvalue weighted by Crippen LogP contribution is -2.12. The number of aromatic amines is 2. The molecule has 354 valence electrons. The Balaban J connectivity index is 1.27. The predicted molar refractivity (Wildman–Crippen MR) is 287 cm³/mol. The van der Waals surface area contributed by atoms with Gasteiger partial charge in [-0.1, -0.05) is 36.4 Å². The van der Waals surface area contributed by atoms with Gasteiger partial charge in [-0.05, 0) is 170 Å². The molecule has 2 aliphatic rings. The van der Waals surface area contributed by atoms with Crippen molar-refractivity contribution >= 4 is 80.5 Å². The number of fused-ring (bicyclic) bond motifs is 8. The van der Waals surface area contributed by atoms with Crippen LogP contribution in [-0.4, -0.2) is 48.4 Å². The van der Waals surface area contributed by atoms with Gasteiger partial charge in [0.05, 0.1) is 73.3 Å². The van der Waals surface area contributed by atoms with Gasteiger partial charge in [0, 0.05) is 22.7 Å². The van der Waals surface area contributed by atoms with E-state index in [2.05, 4.69) is 19.8 Å². The van der Waals surface area contributed by atoms with Crippen LogP contribution in [0.4, 0.5) is 34.1 Å². The van der Waals surface area contributed by atoms with Crippen LogP contribution in [0.1, 0.15) is 22.8 Å². The number of hydrogen-bond acceptors (Lipinski definition) is 10. The topological polar surface area (TPSA) is 119 Å². The summed E-state index contributed by atoms with van der Waals surface area (Å²) in [6.45, 7) is 0. The first kappa shape index (κ1) is 44.8. The molecule has 0 unspecified atom stereocenters. The summed E-state index contributed by atoms with van der Waals surface area (Å²) >= 11 is 0. The first-order valence-corrected chi connectivity index (χ1v) is 23.3. The Morgan fingerprint density at radius 1 is 0.306 bits per heavy atom. The van der Waals surface area contributed by atoms with Gasteiger partial charge in [0.2, 0.25) is 0 Å². The maximum absolute atomic E-state index is 6.89. The van der Waals surface area contributed by atoms with Crippen LogP contribution in [0.25, 0.3) is 46.4 Å². The number of para-hydroxylation sites is 2. The Bertz CT molecular complexity index is 3280. The molecule has 0 radical (unpaired) electrons. The molecule has 12 nitrogen and oxygen atoms in total. The zero-order chi connectivity index (χ0) is 49.0. The van der Waals surface area contributed by atoms with Crippen LogP contribution < -0.4 is 38.2 Å². The molecule has 0 saturated carbocycles. The summed E-state index contributed by atoms with van der Waals surface area (Å²) in [5.41, 5.74) is 10.3. The number of rotatable bonds is 14. The fraction of sp³-hybridized carbons (Fsp3) is 0.0667. The van der Waals surface area contributed by atoms with E-state index in [-0.39, 0.29) is 0 Å². The second-order valence-corrected chi connectivity index (χ2v) is 16.7. The minimum absolute atomic E-state index is 0.514. The van der Waals surface area contributed by atoms with E-state index in [1.54, 1.807) is 28.4 Å². The Kier molecular flexibility index (Phi) is 12.3. The highest BCUT2D eigenvalue weighted by molar-refractivity contribution is 5.98. The first-order chi connectivity index (χ1) is 35.5. The molecule has 0 spiro atoms. The summed E-state index contributed by atoms with van der Waals surface area (Å²) in [4.78, 5) is 22.8. The molecule has 72 heavy (non-hydrogen) atoms. The molecule has 0 amide bonds. The molecule has 12 heteroatoms. The van der Waals surface area contributed by atoms with Crippen LogP contribution in [0, 0.1) is 0 Å². The van der Waals surface area contributed by atoms with Gasteiger partial charge in [0.1, 0.15) is 45.9 Å². The summed E-state index contributed by atoms with van der Waals surface area (Å²) < 4.78 is 36.3. The van der Waals surface area contributed by atoms with E-state index in [1.165, 1.54) is 0 Å². The number of H-pyrrole nitrogens is 2. The molecule has 0 aliphatic carbocycles. The second kappa shape index (κ2) is 19.7. The van der Waals surface area contributed by atoms with Crippen molar-refractivity contribution in [3.8, 4) is 46.0 Å². The highest BCUT2D eigenvalue weighted by Gasteiger charge is 2.25. The molecule has 0 atom stereocenters. The van der Waals surface area contributed by atoms with Gasteiger partial charge in [-0.25, -0.2) is 9.97 Å². The maximum atomic E-state index is 6.89. The van der Waals surface area contributed by atoms with Gasteiger partial charge in [0.15, 0.2) is 11.5 Å². The molecule has 2 aliphatic heterocycles. The third kappa shape index (κ3) is 8.91. The van der Waals surface area contributed by atoms with Gasteiger partial charge in [-0.3, -0.25) is 0 Å². The lowest BCUT2D eigenvalue weighted by Gasteiger charge is -2.26. The number of hydrogen-bond donors (Lipinski definition) is 2. The molecule has 0 fully saturated rings. The largest absolute Gasteiger partial charge is 0.497 e. The summed E-state index contributed by atoms with van der Waals surface area (Å²) in [6.07, 6.45) is 8.01. The SMILES string of the molecule is COc1ccc(N(c2ccc(OC)cc2)c2c3nc(c(Oc4ccccc4)c4ccc([nH]4)c(N(c4ccc(OC)cc4)c4ccc(OC)cc4)c4nc(c(Oc5ccccc5)c5ccc2[nH]5)C=C4)C=C3)cc1. The minimum Gasteiger partial charge on any atom is -0.497 e. The Morgan fingerprint density at radius 2 is 0.597 bits per heavy atom. The first-order valence-electron chi connectivity index (χ1n) is 23.3. The van der Waals surface area contributed by atoms with Gasteiger partial charge in [-0.2, -0.15) is 0 Å². The highest BCUT2D eigenvalue weighted by atomic mass is 16.5. The zero-order valence-electron chi connectivity index (χ0n) is 39.9. The number of ether oxygens (including phenoxy) is 6. The Hall–Kier alpha value is -9.68. The van der Waals surface area contributed by atoms with E-state index in [4.69, 9.17) is 38.4 Å². The lowest BCUT2D eigenvalue weighted by molar-refractivity contribution is 0.414. The van der Waals surface area contributed by atoms with Crippen molar-refractivity contribution in [1.29, 1.82) is 0 Å². The molecular weight excluding hydrogens is 901 g/mol. The molecule has 0 saturated heterocycles. The van der Waals surface area contributed by atoms with Crippen molar-refractivity contribution in [1.82, 2.24) is 19.9 Å². The second-order valence-electron chi connectivity index (χ2n) is 16.7. The van der Waals surface area contributed by atoms with Gasteiger partial charge in [0.25, 0.3) is 0 Å². The zero-order valence-corrected chi connectivity index (χ0v) is 39.9. The predicted octanol–water partition coefficient (Wildman–Crippen LogP) is 15.2. The number of benzene rings is 6. The average molecular weight is 949 g/mol. The number of anilines is 6. The van der Waals surface area contributed by atoms with Crippen LogP contribution in [0.2, 0.25) is 0 Å². The number of nitrogens with zero attached hydrogens (tertiary/aromatic N) is 4. The van der Waals surface area contributed by atoms with E-state index in [9.17, 15) is 0 Å². The highest BCUT2D eigenvalue weighted by Crippen LogP contribution is 2.45. The Morgan fingerprint density at radius 3 is 0.903 bits per heavy atom. The standard InChI is InChI=1S/C60H48N6O6/c1-67-43-23-15-39(16-24-43)65(40-17-25-44(68-2)26-18-40)57-49-31-35-53(61-49)59(71-47-11-7-5-8-12-47)55-37-33-51(63-55)58(66(41-19-27-45(69-3)28-20-41)42-21-29-46(70-4)30-22-42)52-34-38-56(64-52)60(54-36-32-50(57)62-54)72-48-13-9-6-10-14-48/h5-38,61,64H,1-4H3. The molecule has 11 rings (SSSR count). The van der Waals surface area contributed by atoms with Crippen LogP contribution in [0.15, 0.2) is 182 Å². The number of aromatic nitrogens is 4. The fourth-order valence-corrected chi connectivity index (χ4v) is 8.76. The van der Waals surface area contributed by atoms with E-state index in [0.717, 1.165) is 68.2 Å². The average Bonchev–Trinajstić information content (AvgIpc) is 4.31. The van der Waals surface area contributed by atoms with E-state index in [0.29, 0.717) is 56.8 Å². The van der Waals surface area contributed by atoms with E-state index < -0.39 is 0 Å². The smallest absolute Gasteiger partial charge is 0.176 e. The van der Waals surface area contributed by atoms with E-state index >= 15 is 0 Å². The molecule has 8 bridgehead atoms. The van der Waals surface area contributed by atoms with Gasteiger partial charge >= 0.3 is 0 Å². The number of nitrogens with one attached hydrogen (secondary N) is 2. The Labute approximate surface area is 416 Å². The summed E-state index contributed by atoms with van der Waals surface area (Å²) in [5.74, 6) is 5.22. The maximum Gasteiger partial charge on any atom is 0.176 e. The van der Waals surface area contributed by atoms with Crippen LogP contribution >= 0.6 is 0 Å². The van der Waals surface area contributed by atoms with Crippen molar-refractivity contribution in [2.75, 3.05) is 38.2 Å². The molecule has 9 aromatic rings. The molecule has 5 heterocycles. The quantitative estimate of drug-likeness (QED) is 0.109. The number of methoxy groups -OCH3 is 4. The summed E-state index contributed by atoms with van der Waals surface area (Å²) in [5, 5.41) is 0. The molecule has 6 aromatic carbocycles. The normalized spacial score (nSPS) is 11.5. The van der Waals surface area contributed by atoms with Gasteiger partial charge in [-0.15, -0.1) is 0 Å². The summed E-state index contributed by atoms with van der Waals surface area (Å²) in [7, 11) is 6.64. The van der Waals surface area contributed by atoms with E-state index in [1.807, 2.05) is 206 Å². The third-order valence-corrected chi connectivity index (χ3v) is 12.3. The van der Waals surface area contributed by atoms with Crippen molar-refractivity contribution in [3.05, 3.63) is 205 Å². The van der Waals surface area contributed by atoms with Crippen molar-refractivity contribution < 1.29 is 28.4 Å². The van der Waals surface area contributed by atoms with Crippen molar-refractivity contribution in [2.24, 2.45) is 0 Å². The van der Waals surface area contributed by atoms with Crippen LogP contribution in [-0.2, 0) is 0 Å².